The smallest absolute Gasteiger partial charge is 0.326 e. The van der Waals surface area contributed by atoms with E-state index in [1.54, 1.807) is 20.8 Å². The third-order valence-electron chi connectivity index (χ3n) is 2.45. The summed E-state index contributed by atoms with van der Waals surface area (Å²) in [5, 5.41) is 0. The van der Waals surface area contributed by atoms with Gasteiger partial charge in [0.15, 0.2) is 0 Å². The van der Waals surface area contributed by atoms with Gasteiger partial charge in [-0.15, -0.1) is 0 Å². The molecule has 0 atom stereocenters. The molecule has 21 heavy (non-hydrogen) atoms. The van der Waals surface area contributed by atoms with Gasteiger partial charge in [-0.1, -0.05) is 0 Å². The van der Waals surface area contributed by atoms with Crippen molar-refractivity contribution in [1.29, 1.82) is 0 Å². The summed E-state index contributed by atoms with van der Waals surface area (Å²) in [5.74, 6) is -0.607. The van der Waals surface area contributed by atoms with Crippen LogP contribution in [-0.2, 0) is 26.1 Å². The number of carbonyl (C=O) groups excluding carboxylic acids is 1. The predicted molar refractivity (Wildman–Crippen MR) is 77.4 cm³/mol. The fraction of sp³-hybridized carbons (Fsp3) is 0.538. The summed E-state index contributed by atoms with van der Waals surface area (Å²) in [7, 11) is -0.890. The van der Waals surface area contributed by atoms with Gasteiger partial charge in [0.1, 0.15) is 12.1 Å². The van der Waals surface area contributed by atoms with E-state index >= 15 is 0 Å². The van der Waals surface area contributed by atoms with Gasteiger partial charge in [0.2, 0.25) is 10.0 Å². The Bertz CT molecular complexity index is 683. The molecule has 1 aromatic heterocycles. The lowest BCUT2D eigenvalue weighted by Gasteiger charge is -2.20. The van der Waals surface area contributed by atoms with Gasteiger partial charge in [-0.2, -0.15) is 0 Å². The van der Waals surface area contributed by atoms with Gasteiger partial charge >= 0.3 is 5.97 Å². The number of hydrogen-bond donors (Lipinski definition) is 0. The van der Waals surface area contributed by atoms with Crippen molar-refractivity contribution >= 4 is 16.0 Å². The van der Waals surface area contributed by atoms with Gasteiger partial charge in [0, 0.05) is 26.4 Å². The number of nitrogens with zero attached hydrogens (tertiary/aromatic N) is 2. The largest absolute Gasteiger partial charge is 0.459 e. The first-order chi connectivity index (χ1) is 9.43. The molecule has 0 N–H and O–H groups in total. The lowest BCUT2D eigenvalue weighted by atomic mass is 10.2. The van der Waals surface area contributed by atoms with E-state index < -0.39 is 27.2 Å². The first kappa shape index (κ1) is 17.4. The molecule has 0 aliphatic carbocycles. The third-order valence-corrected chi connectivity index (χ3v) is 4.25. The van der Waals surface area contributed by atoms with Gasteiger partial charge < -0.3 is 9.30 Å². The molecule has 0 bridgehead atoms. The number of carbonyl (C=O) groups is 1. The maximum absolute atomic E-state index is 12.0. The van der Waals surface area contributed by atoms with E-state index in [4.69, 9.17) is 4.74 Å². The number of aromatic nitrogens is 1. The molecule has 0 spiro atoms. The molecule has 0 aliphatic rings. The quantitative estimate of drug-likeness (QED) is 0.752. The summed E-state index contributed by atoms with van der Waals surface area (Å²) in [6.07, 6.45) is 1.14. The fourth-order valence-corrected chi connectivity index (χ4v) is 2.43. The second kappa shape index (κ2) is 5.98. The zero-order valence-corrected chi connectivity index (χ0v) is 13.6. The molecular weight excluding hydrogens is 296 g/mol. The van der Waals surface area contributed by atoms with Crippen LogP contribution in [0.4, 0.5) is 0 Å². The van der Waals surface area contributed by atoms with Crippen molar-refractivity contribution in [2.45, 2.75) is 37.8 Å². The topological polar surface area (TPSA) is 85.7 Å². The molecular formula is C13H20N2O5S. The van der Waals surface area contributed by atoms with Gasteiger partial charge in [0.25, 0.3) is 5.56 Å². The average Bonchev–Trinajstić information content (AvgIpc) is 2.29. The minimum Gasteiger partial charge on any atom is -0.459 e. The summed E-state index contributed by atoms with van der Waals surface area (Å²) in [6.45, 7) is 4.79. The Morgan fingerprint density at radius 3 is 2.33 bits per heavy atom. The van der Waals surface area contributed by atoms with Gasteiger partial charge in [-0.3, -0.25) is 9.59 Å². The highest BCUT2D eigenvalue weighted by Gasteiger charge is 2.20. The Morgan fingerprint density at radius 2 is 1.86 bits per heavy atom. The molecule has 7 nitrogen and oxygen atoms in total. The summed E-state index contributed by atoms with van der Waals surface area (Å²) < 4.78 is 31.2. The van der Waals surface area contributed by atoms with Crippen LogP contribution in [0.2, 0.25) is 0 Å². The highest BCUT2D eigenvalue weighted by molar-refractivity contribution is 7.89. The Hall–Kier alpha value is -1.67. The van der Waals surface area contributed by atoms with Crippen LogP contribution in [0.5, 0.6) is 0 Å². The van der Waals surface area contributed by atoms with Crippen molar-refractivity contribution in [3.8, 4) is 0 Å². The van der Waals surface area contributed by atoms with Crippen molar-refractivity contribution in [3.63, 3.8) is 0 Å². The van der Waals surface area contributed by atoms with Crippen LogP contribution in [0, 0.1) is 0 Å². The molecule has 0 amide bonds. The summed E-state index contributed by atoms with van der Waals surface area (Å²) in [6, 6.07) is 2.32. The van der Waals surface area contributed by atoms with Crippen LogP contribution < -0.4 is 5.56 Å². The number of sulfonamides is 1. The maximum atomic E-state index is 12.0. The Labute approximate surface area is 124 Å². The van der Waals surface area contributed by atoms with Crippen LogP contribution in [0.3, 0.4) is 0 Å². The van der Waals surface area contributed by atoms with E-state index in [1.807, 2.05) is 0 Å². The maximum Gasteiger partial charge on any atom is 0.326 e. The summed E-state index contributed by atoms with van der Waals surface area (Å²) >= 11 is 0. The van der Waals surface area contributed by atoms with Gasteiger partial charge in [-0.05, 0) is 26.8 Å². The Balaban J connectivity index is 3.10. The minimum atomic E-state index is -3.67. The van der Waals surface area contributed by atoms with Gasteiger partial charge in [-0.25, -0.2) is 12.7 Å². The third kappa shape index (κ3) is 4.68. The van der Waals surface area contributed by atoms with E-state index in [2.05, 4.69) is 0 Å². The number of esters is 1. The van der Waals surface area contributed by atoms with E-state index in [0.717, 1.165) is 21.1 Å². The predicted octanol–water partition coefficient (Wildman–Crippen LogP) is 0.440. The van der Waals surface area contributed by atoms with E-state index in [0.29, 0.717) is 0 Å². The molecule has 8 heteroatoms. The van der Waals surface area contributed by atoms with Crippen molar-refractivity contribution in [3.05, 3.63) is 28.7 Å². The fourth-order valence-electron chi connectivity index (χ4n) is 1.51. The number of pyridine rings is 1. The van der Waals surface area contributed by atoms with Gasteiger partial charge in [0.05, 0.1) is 4.90 Å². The average molecular weight is 316 g/mol. The van der Waals surface area contributed by atoms with Crippen LogP contribution in [0.1, 0.15) is 20.8 Å². The van der Waals surface area contributed by atoms with Crippen molar-refractivity contribution in [2.24, 2.45) is 0 Å². The first-order valence-corrected chi connectivity index (χ1v) is 7.72. The van der Waals surface area contributed by atoms with Crippen LogP contribution >= 0.6 is 0 Å². The lowest BCUT2D eigenvalue weighted by Crippen LogP contribution is -2.31. The van der Waals surface area contributed by atoms with E-state index in [9.17, 15) is 18.0 Å². The Morgan fingerprint density at radius 1 is 1.29 bits per heavy atom. The minimum absolute atomic E-state index is 0.0596. The molecule has 1 rings (SSSR count). The second-order valence-electron chi connectivity index (χ2n) is 5.70. The standard InChI is InChI=1S/C13H20N2O5S/c1-13(2,3)20-12(17)9-15-8-10(6-7-11(15)16)21(18,19)14(4)5/h6-8H,9H2,1-5H3. The Kier molecular flexibility index (Phi) is 4.95. The second-order valence-corrected chi connectivity index (χ2v) is 7.86. The summed E-state index contributed by atoms with van der Waals surface area (Å²) in [4.78, 5) is 23.4. The molecule has 1 heterocycles. The number of ether oxygens (including phenoxy) is 1. The van der Waals surface area contributed by atoms with E-state index in [-0.39, 0.29) is 11.4 Å². The molecule has 0 fully saturated rings. The van der Waals surface area contributed by atoms with Crippen molar-refractivity contribution in [2.75, 3.05) is 14.1 Å². The molecule has 0 aromatic carbocycles. The molecule has 118 valence electrons. The highest BCUT2D eigenvalue weighted by atomic mass is 32.2. The zero-order chi connectivity index (χ0) is 16.4. The normalized spacial score (nSPS) is 12.5. The van der Waals surface area contributed by atoms with Crippen molar-refractivity contribution in [1.82, 2.24) is 8.87 Å². The monoisotopic (exact) mass is 316 g/mol. The molecule has 1 aromatic rings. The highest BCUT2D eigenvalue weighted by Crippen LogP contribution is 2.11. The first-order valence-electron chi connectivity index (χ1n) is 6.28. The number of rotatable bonds is 4. The zero-order valence-electron chi connectivity index (χ0n) is 12.8. The summed E-state index contributed by atoms with van der Waals surface area (Å²) in [5.41, 5.74) is -1.15. The van der Waals surface area contributed by atoms with E-state index in [1.165, 1.54) is 20.2 Å². The number of hydrogen-bond acceptors (Lipinski definition) is 5. The van der Waals surface area contributed by atoms with Crippen LogP contribution in [0.15, 0.2) is 28.0 Å². The molecule has 0 saturated heterocycles. The molecule has 0 radical (unpaired) electrons. The van der Waals surface area contributed by atoms with Crippen molar-refractivity contribution < 1.29 is 17.9 Å². The lowest BCUT2D eigenvalue weighted by molar-refractivity contribution is -0.155. The molecule has 0 aliphatic heterocycles. The molecule has 0 unspecified atom stereocenters. The molecule has 0 saturated carbocycles. The van der Waals surface area contributed by atoms with Crippen LogP contribution in [0.25, 0.3) is 0 Å². The van der Waals surface area contributed by atoms with Crippen LogP contribution in [-0.4, -0.2) is 43.0 Å². The SMILES string of the molecule is CN(C)S(=O)(=O)c1ccc(=O)n(CC(=O)OC(C)(C)C)c1.